The first-order valence-corrected chi connectivity index (χ1v) is 6.11. The molecule has 0 aliphatic carbocycles. The Morgan fingerprint density at radius 2 is 1.75 bits per heavy atom. The second-order valence-electron chi connectivity index (χ2n) is 4.52. The minimum Gasteiger partial charge on any atom is -0.362 e. The maximum absolute atomic E-state index is 12.4. The second kappa shape index (κ2) is 5.48. The van der Waals surface area contributed by atoms with Crippen LogP contribution in [0.4, 0.5) is 19.0 Å². The van der Waals surface area contributed by atoms with Gasteiger partial charge < -0.3 is 5.32 Å². The van der Waals surface area contributed by atoms with Gasteiger partial charge in [0.05, 0.1) is 6.04 Å². The highest BCUT2D eigenvalue weighted by molar-refractivity contribution is 5.39. The fourth-order valence-corrected chi connectivity index (χ4v) is 1.93. The SMILES string of the molecule is Cc1ccccc1C(C)Nc1ccc(C(F)(F)F)nn1. The van der Waals surface area contributed by atoms with Gasteiger partial charge in [0.2, 0.25) is 0 Å². The molecule has 20 heavy (non-hydrogen) atoms. The molecule has 1 atom stereocenters. The third kappa shape index (κ3) is 3.26. The van der Waals surface area contributed by atoms with Crippen LogP contribution >= 0.6 is 0 Å². The average Bonchev–Trinajstić information content (AvgIpc) is 2.38. The molecule has 1 N–H and O–H groups in total. The summed E-state index contributed by atoms with van der Waals surface area (Å²) in [7, 11) is 0. The van der Waals surface area contributed by atoms with Crippen LogP contribution in [0.3, 0.4) is 0 Å². The Bertz CT molecular complexity index is 579. The number of halogens is 3. The minimum absolute atomic E-state index is 0.0674. The Hall–Kier alpha value is -2.11. The Morgan fingerprint density at radius 1 is 1.05 bits per heavy atom. The van der Waals surface area contributed by atoms with Gasteiger partial charge >= 0.3 is 6.18 Å². The lowest BCUT2D eigenvalue weighted by atomic mass is 10.0. The number of rotatable bonds is 3. The van der Waals surface area contributed by atoms with Crippen LogP contribution in [0.2, 0.25) is 0 Å². The number of anilines is 1. The first-order valence-electron chi connectivity index (χ1n) is 6.11. The van der Waals surface area contributed by atoms with Crippen molar-refractivity contribution in [3.8, 4) is 0 Å². The molecule has 0 spiro atoms. The molecule has 1 heterocycles. The van der Waals surface area contributed by atoms with Crippen LogP contribution in [0.5, 0.6) is 0 Å². The average molecular weight is 281 g/mol. The molecular weight excluding hydrogens is 267 g/mol. The summed E-state index contributed by atoms with van der Waals surface area (Å²) < 4.78 is 37.1. The summed E-state index contributed by atoms with van der Waals surface area (Å²) in [5, 5.41) is 9.78. The molecule has 1 aromatic heterocycles. The molecule has 2 rings (SSSR count). The monoisotopic (exact) mass is 281 g/mol. The zero-order valence-electron chi connectivity index (χ0n) is 11.1. The first kappa shape index (κ1) is 14.3. The van der Waals surface area contributed by atoms with E-state index in [0.717, 1.165) is 17.2 Å². The third-order valence-electron chi connectivity index (χ3n) is 2.97. The van der Waals surface area contributed by atoms with E-state index in [9.17, 15) is 13.2 Å². The standard InChI is InChI=1S/C14H14F3N3/c1-9-5-3-4-6-11(9)10(2)18-13-8-7-12(19-20-13)14(15,16)17/h3-8,10H,1-2H3,(H,18,20). The summed E-state index contributed by atoms with van der Waals surface area (Å²) in [5.74, 6) is 0.314. The molecule has 6 heteroatoms. The van der Waals surface area contributed by atoms with Crippen LogP contribution < -0.4 is 5.32 Å². The van der Waals surface area contributed by atoms with Crippen molar-refractivity contribution in [3.63, 3.8) is 0 Å². The van der Waals surface area contributed by atoms with E-state index in [1.165, 1.54) is 6.07 Å². The maximum Gasteiger partial charge on any atom is 0.435 e. The summed E-state index contributed by atoms with van der Waals surface area (Å²) in [6.45, 7) is 3.90. The molecule has 3 nitrogen and oxygen atoms in total. The number of aromatic nitrogens is 2. The van der Waals surface area contributed by atoms with Crippen molar-refractivity contribution in [1.82, 2.24) is 10.2 Å². The number of alkyl halides is 3. The molecule has 0 fully saturated rings. The summed E-state index contributed by atoms with van der Waals surface area (Å²) in [4.78, 5) is 0. The van der Waals surface area contributed by atoms with E-state index in [1.54, 1.807) is 0 Å². The highest BCUT2D eigenvalue weighted by Gasteiger charge is 2.32. The molecule has 0 amide bonds. The molecule has 0 aliphatic heterocycles. The predicted molar refractivity (Wildman–Crippen MR) is 70.3 cm³/mol. The van der Waals surface area contributed by atoms with Gasteiger partial charge in [-0.1, -0.05) is 24.3 Å². The van der Waals surface area contributed by atoms with Gasteiger partial charge in [-0.15, -0.1) is 10.2 Å². The predicted octanol–water partition coefficient (Wildman–Crippen LogP) is 3.98. The quantitative estimate of drug-likeness (QED) is 0.924. The van der Waals surface area contributed by atoms with Crippen LogP contribution in [0, 0.1) is 6.92 Å². The number of nitrogens with zero attached hydrogens (tertiary/aromatic N) is 2. The Balaban J connectivity index is 2.13. The fraction of sp³-hybridized carbons (Fsp3) is 0.286. The second-order valence-corrected chi connectivity index (χ2v) is 4.52. The number of benzene rings is 1. The van der Waals surface area contributed by atoms with Gasteiger partial charge in [-0.05, 0) is 37.1 Å². The summed E-state index contributed by atoms with van der Waals surface area (Å²) in [5.41, 5.74) is 1.17. The van der Waals surface area contributed by atoms with Gasteiger partial charge in [0.1, 0.15) is 5.82 Å². The third-order valence-corrected chi connectivity index (χ3v) is 2.97. The van der Waals surface area contributed by atoms with Gasteiger partial charge in [0.15, 0.2) is 5.69 Å². The lowest BCUT2D eigenvalue weighted by Crippen LogP contribution is -2.13. The molecule has 2 aromatic rings. The van der Waals surface area contributed by atoms with Crippen LogP contribution in [0.15, 0.2) is 36.4 Å². The zero-order chi connectivity index (χ0) is 14.8. The Kier molecular flexibility index (Phi) is 3.92. The van der Waals surface area contributed by atoms with Crippen LogP contribution in [0.25, 0.3) is 0 Å². The van der Waals surface area contributed by atoms with E-state index in [0.29, 0.717) is 5.82 Å². The number of hydrogen-bond acceptors (Lipinski definition) is 3. The van der Waals surface area contributed by atoms with E-state index in [2.05, 4.69) is 15.5 Å². The van der Waals surface area contributed by atoms with Gasteiger partial charge in [0.25, 0.3) is 0 Å². The van der Waals surface area contributed by atoms with E-state index in [4.69, 9.17) is 0 Å². The van der Waals surface area contributed by atoms with Crippen molar-refractivity contribution in [1.29, 1.82) is 0 Å². The van der Waals surface area contributed by atoms with Crippen molar-refractivity contribution < 1.29 is 13.2 Å². The van der Waals surface area contributed by atoms with Gasteiger partial charge in [0, 0.05) is 0 Å². The van der Waals surface area contributed by atoms with E-state index < -0.39 is 11.9 Å². The minimum atomic E-state index is -4.47. The summed E-state index contributed by atoms with van der Waals surface area (Å²) in [6, 6.07) is 9.92. The Morgan fingerprint density at radius 3 is 2.30 bits per heavy atom. The van der Waals surface area contributed by atoms with Crippen molar-refractivity contribution >= 4 is 5.82 Å². The zero-order valence-corrected chi connectivity index (χ0v) is 11.1. The van der Waals surface area contributed by atoms with Crippen molar-refractivity contribution in [3.05, 3.63) is 53.2 Å². The summed E-state index contributed by atoms with van der Waals surface area (Å²) >= 11 is 0. The van der Waals surface area contributed by atoms with Gasteiger partial charge in [-0.2, -0.15) is 13.2 Å². The van der Waals surface area contributed by atoms with Crippen molar-refractivity contribution in [2.45, 2.75) is 26.1 Å². The molecule has 0 aliphatic rings. The topological polar surface area (TPSA) is 37.8 Å². The highest BCUT2D eigenvalue weighted by Crippen LogP contribution is 2.27. The molecule has 106 valence electrons. The van der Waals surface area contributed by atoms with Crippen LogP contribution in [-0.2, 0) is 6.18 Å². The molecule has 0 saturated carbocycles. The van der Waals surface area contributed by atoms with Crippen LogP contribution in [-0.4, -0.2) is 10.2 Å². The lowest BCUT2D eigenvalue weighted by Gasteiger charge is -2.17. The van der Waals surface area contributed by atoms with E-state index in [-0.39, 0.29) is 6.04 Å². The van der Waals surface area contributed by atoms with Crippen molar-refractivity contribution in [2.24, 2.45) is 0 Å². The van der Waals surface area contributed by atoms with E-state index in [1.807, 2.05) is 38.1 Å². The highest BCUT2D eigenvalue weighted by atomic mass is 19.4. The largest absolute Gasteiger partial charge is 0.435 e. The smallest absolute Gasteiger partial charge is 0.362 e. The summed E-state index contributed by atoms with van der Waals surface area (Å²) in [6.07, 6.45) is -4.47. The maximum atomic E-state index is 12.4. The molecule has 0 bridgehead atoms. The van der Waals surface area contributed by atoms with Crippen LogP contribution in [0.1, 0.15) is 29.8 Å². The van der Waals surface area contributed by atoms with Gasteiger partial charge in [-0.25, -0.2) is 0 Å². The number of hydrogen-bond donors (Lipinski definition) is 1. The molecule has 0 radical (unpaired) electrons. The molecule has 1 unspecified atom stereocenters. The normalized spacial score (nSPS) is 13.1. The molecular formula is C14H14F3N3. The Labute approximate surface area is 114 Å². The molecule has 0 saturated heterocycles. The first-order chi connectivity index (χ1) is 9.38. The van der Waals surface area contributed by atoms with Crippen molar-refractivity contribution in [2.75, 3.05) is 5.32 Å². The fourth-order valence-electron chi connectivity index (χ4n) is 1.93. The number of aryl methyl sites for hydroxylation is 1. The van der Waals surface area contributed by atoms with E-state index >= 15 is 0 Å². The molecule has 1 aromatic carbocycles. The van der Waals surface area contributed by atoms with Gasteiger partial charge in [-0.3, -0.25) is 0 Å². The number of nitrogens with one attached hydrogen (secondary N) is 1. The lowest BCUT2D eigenvalue weighted by molar-refractivity contribution is -0.141.